The molecule has 2 amide bonds. The lowest BCUT2D eigenvalue weighted by atomic mass is 9.93. The number of halogens is 1. The fourth-order valence-electron chi connectivity index (χ4n) is 4.83. The lowest BCUT2D eigenvalue weighted by Crippen LogP contribution is -2.43. The van der Waals surface area contributed by atoms with Crippen molar-refractivity contribution in [2.45, 2.75) is 33.2 Å². The molecule has 8 heteroatoms. The molecule has 5 rings (SSSR count). The highest BCUT2D eigenvalue weighted by Gasteiger charge is 2.37. The molecule has 1 unspecified atom stereocenters. The van der Waals surface area contributed by atoms with Crippen LogP contribution in [-0.4, -0.2) is 34.2 Å². The number of allylic oxidation sites excluding steroid dienone is 1. The van der Waals surface area contributed by atoms with Crippen LogP contribution in [0.25, 0.3) is 0 Å². The Kier molecular flexibility index (Phi) is 7.58. The third kappa shape index (κ3) is 5.49. The van der Waals surface area contributed by atoms with Crippen LogP contribution < -0.4 is 10.6 Å². The third-order valence-electron chi connectivity index (χ3n) is 6.70. The molecule has 6 nitrogen and oxygen atoms in total. The maximum Gasteiger partial charge on any atom is 0.255 e. The number of rotatable bonds is 5. The molecular formula is C30H29ClN4O2S. The predicted molar refractivity (Wildman–Crippen MR) is 157 cm³/mol. The number of hydrogen-bond donors (Lipinski definition) is 2. The van der Waals surface area contributed by atoms with Crippen LogP contribution in [-0.2, 0) is 4.79 Å². The first-order valence-electron chi connectivity index (χ1n) is 12.5. The number of nitrogens with one attached hydrogen (secondary N) is 2. The average Bonchev–Trinajstić information content (AvgIpc) is 2.90. The first-order valence-corrected chi connectivity index (χ1v) is 13.9. The minimum absolute atomic E-state index is 0.156. The largest absolute Gasteiger partial charge is 0.340 e. The molecule has 194 valence electrons. The van der Waals surface area contributed by atoms with E-state index in [4.69, 9.17) is 16.6 Å². The summed E-state index contributed by atoms with van der Waals surface area (Å²) in [5, 5.41) is 7.51. The van der Waals surface area contributed by atoms with Gasteiger partial charge >= 0.3 is 0 Å². The Balaban J connectivity index is 1.44. The number of thioether (sulfide) groups is 1. The summed E-state index contributed by atoms with van der Waals surface area (Å²) >= 11 is 7.76. The number of aryl methyl sites for hydroxylation is 2. The Bertz CT molecular complexity index is 1470. The first-order chi connectivity index (χ1) is 18.3. The van der Waals surface area contributed by atoms with E-state index in [1.165, 1.54) is 0 Å². The highest BCUT2D eigenvalue weighted by atomic mass is 35.5. The van der Waals surface area contributed by atoms with Crippen LogP contribution in [0.4, 0.5) is 11.4 Å². The summed E-state index contributed by atoms with van der Waals surface area (Å²) in [6.45, 7) is 6.75. The lowest BCUT2D eigenvalue weighted by molar-refractivity contribution is -0.113. The van der Waals surface area contributed by atoms with Gasteiger partial charge in [-0.15, -0.1) is 0 Å². The van der Waals surface area contributed by atoms with Gasteiger partial charge in [0, 0.05) is 34.3 Å². The van der Waals surface area contributed by atoms with Crippen LogP contribution in [0.2, 0.25) is 5.02 Å². The van der Waals surface area contributed by atoms with Gasteiger partial charge in [-0.1, -0.05) is 59.3 Å². The van der Waals surface area contributed by atoms with E-state index < -0.39 is 0 Å². The normalized spacial score (nSPS) is 17.0. The Labute approximate surface area is 232 Å². The molecule has 2 aliphatic rings. The van der Waals surface area contributed by atoms with Gasteiger partial charge in [0.1, 0.15) is 0 Å². The summed E-state index contributed by atoms with van der Waals surface area (Å²) in [7, 11) is 0. The molecule has 3 aromatic carbocycles. The number of nitrogens with zero attached hydrogens (tertiary/aromatic N) is 2. The molecule has 2 aliphatic heterocycles. The quantitative estimate of drug-likeness (QED) is 0.364. The smallest absolute Gasteiger partial charge is 0.255 e. The summed E-state index contributed by atoms with van der Waals surface area (Å²) in [6.07, 6.45) is 1.01. The number of anilines is 2. The average molecular weight is 545 g/mol. The number of benzene rings is 3. The summed E-state index contributed by atoms with van der Waals surface area (Å²) in [6, 6.07) is 20.2. The maximum atomic E-state index is 13.7. The topological polar surface area (TPSA) is 73.8 Å². The molecule has 1 atom stereocenters. The van der Waals surface area contributed by atoms with Gasteiger partial charge in [-0.3, -0.25) is 9.59 Å². The predicted octanol–water partition coefficient (Wildman–Crippen LogP) is 6.97. The van der Waals surface area contributed by atoms with Crippen LogP contribution in [0.3, 0.4) is 0 Å². The molecule has 0 bridgehead atoms. The number of hydrogen-bond acceptors (Lipinski definition) is 5. The highest BCUT2D eigenvalue weighted by molar-refractivity contribution is 8.13. The van der Waals surface area contributed by atoms with Gasteiger partial charge in [0.15, 0.2) is 5.17 Å². The molecule has 0 saturated carbocycles. The molecule has 1 fully saturated rings. The molecule has 0 spiro atoms. The zero-order valence-electron chi connectivity index (χ0n) is 21.5. The molecule has 0 aromatic heterocycles. The van der Waals surface area contributed by atoms with Crippen molar-refractivity contribution in [1.82, 2.24) is 4.90 Å². The number of carbonyl (C=O) groups is 2. The van der Waals surface area contributed by atoms with E-state index in [0.29, 0.717) is 21.8 Å². The van der Waals surface area contributed by atoms with Crippen molar-refractivity contribution >= 4 is 51.7 Å². The van der Waals surface area contributed by atoms with Gasteiger partial charge in [-0.05, 0) is 74.7 Å². The zero-order chi connectivity index (χ0) is 26.8. The van der Waals surface area contributed by atoms with E-state index in [-0.39, 0.29) is 17.9 Å². The number of aliphatic imine (C=N–C) groups is 1. The zero-order valence-corrected chi connectivity index (χ0v) is 23.1. The second-order valence-electron chi connectivity index (χ2n) is 9.55. The Hall–Kier alpha value is -3.55. The second kappa shape index (κ2) is 11.1. The van der Waals surface area contributed by atoms with Gasteiger partial charge < -0.3 is 15.5 Å². The van der Waals surface area contributed by atoms with Gasteiger partial charge in [-0.2, -0.15) is 0 Å². The van der Waals surface area contributed by atoms with E-state index in [1.54, 1.807) is 36.0 Å². The van der Waals surface area contributed by atoms with Crippen LogP contribution in [0.5, 0.6) is 0 Å². The standard InChI is InChI=1S/C30H29ClN4O2S/c1-18-8-13-25(19(2)16-18)34-29(37)26-20(3)32-30-35(14-5-15-38-30)27(26)21-9-11-24(12-10-21)33-28(36)22-6-4-7-23(31)17-22/h4,6-13,16-17,27H,5,14-15H2,1-3H3,(H,33,36)(H,34,37). The van der Waals surface area contributed by atoms with Gasteiger partial charge in [0.2, 0.25) is 0 Å². The molecule has 1 saturated heterocycles. The van der Waals surface area contributed by atoms with Crippen molar-refractivity contribution in [1.29, 1.82) is 0 Å². The Morgan fingerprint density at radius 3 is 2.50 bits per heavy atom. The fraction of sp³-hybridized carbons (Fsp3) is 0.233. The van der Waals surface area contributed by atoms with E-state index in [1.807, 2.05) is 57.2 Å². The van der Waals surface area contributed by atoms with Crippen LogP contribution in [0, 0.1) is 13.8 Å². The number of amidine groups is 1. The molecule has 3 aromatic rings. The van der Waals surface area contributed by atoms with Crippen LogP contribution in [0.1, 0.15) is 46.4 Å². The van der Waals surface area contributed by atoms with Crippen molar-refractivity contribution in [2.24, 2.45) is 4.99 Å². The first kappa shape index (κ1) is 26.1. The minimum atomic E-state index is -0.279. The van der Waals surface area contributed by atoms with Crippen molar-refractivity contribution in [3.05, 3.63) is 105 Å². The van der Waals surface area contributed by atoms with Crippen LogP contribution >= 0.6 is 23.4 Å². The van der Waals surface area contributed by atoms with E-state index in [2.05, 4.69) is 21.6 Å². The fourth-order valence-corrected chi connectivity index (χ4v) is 6.04. The molecule has 2 heterocycles. The van der Waals surface area contributed by atoms with Crippen molar-refractivity contribution < 1.29 is 9.59 Å². The Morgan fingerprint density at radius 2 is 1.76 bits per heavy atom. The molecule has 0 aliphatic carbocycles. The molecular weight excluding hydrogens is 516 g/mol. The van der Waals surface area contributed by atoms with Gasteiger partial charge in [-0.25, -0.2) is 4.99 Å². The highest BCUT2D eigenvalue weighted by Crippen LogP contribution is 2.40. The van der Waals surface area contributed by atoms with E-state index >= 15 is 0 Å². The maximum absolute atomic E-state index is 13.7. The van der Waals surface area contributed by atoms with Gasteiger partial charge in [0.25, 0.3) is 11.8 Å². The van der Waals surface area contributed by atoms with Crippen molar-refractivity contribution in [3.63, 3.8) is 0 Å². The number of amides is 2. The van der Waals surface area contributed by atoms with Gasteiger partial charge in [0.05, 0.1) is 17.3 Å². The summed E-state index contributed by atoms with van der Waals surface area (Å²) < 4.78 is 0. The SMILES string of the molecule is CC1=C(C(=O)Nc2ccc(C)cc2C)C(c2ccc(NC(=O)c3cccc(Cl)c3)cc2)N2CCCSC2=N1. The van der Waals surface area contributed by atoms with Crippen LogP contribution in [0.15, 0.2) is 83.0 Å². The summed E-state index contributed by atoms with van der Waals surface area (Å²) in [5.41, 5.74) is 6.42. The molecule has 2 N–H and O–H groups in total. The number of fused-ring (bicyclic) bond motifs is 1. The van der Waals surface area contributed by atoms with E-state index in [0.717, 1.165) is 52.0 Å². The monoisotopic (exact) mass is 544 g/mol. The van der Waals surface area contributed by atoms with Crippen molar-refractivity contribution in [2.75, 3.05) is 22.9 Å². The lowest BCUT2D eigenvalue weighted by Gasteiger charge is -2.41. The summed E-state index contributed by atoms with van der Waals surface area (Å²) in [5.74, 6) is 0.619. The van der Waals surface area contributed by atoms with Crippen molar-refractivity contribution in [3.8, 4) is 0 Å². The summed E-state index contributed by atoms with van der Waals surface area (Å²) in [4.78, 5) is 33.5. The second-order valence-corrected chi connectivity index (χ2v) is 11.0. The third-order valence-corrected chi connectivity index (χ3v) is 8.02. The van der Waals surface area contributed by atoms with E-state index in [9.17, 15) is 9.59 Å². The number of carbonyl (C=O) groups excluding carboxylic acids is 2. The molecule has 38 heavy (non-hydrogen) atoms. The minimum Gasteiger partial charge on any atom is -0.340 e. The molecule has 0 radical (unpaired) electrons. The Morgan fingerprint density at radius 1 is 0.974 bits per heavy atom.